The van der Waals surface area contributed by atoms with E-state index < -0.39 is 52.5 Å². The van der Waals surface area contributed by atoms with E-state index in [1.807, 2.05) is 6.92 Å². The van der Waals surface area contributed by atoms with Crippen LogP contribution in [0.3, 0.4) is 0 Å². The van der Waals surface area contributed by atoms with Crippen molar-refractivity contribution in [1.29, 1.82) is 0 Å². The number of fused-ring (bicyclic) bond motifs is 4. The molecule has 0 aliphatic heterocycles. The van der Waals surface area contributed by atoms with Crippen molar-refractivity contribution >= 4 is 5.97 Å². The van der Waals surface area contributed by atoms with Gasteiger partial charge in [-0.25, -0.2) is 4.79 Å². The van der Waals surface area contributed by atoms with E-state index in [4.69, 9.17) is 9.47 Å². The van der Waals surface area contributed by atoms with Crippen LogP contribution in [0.2, 0.25) is 0 Å². The van der Waals surface area contributed by atoms with Crippen LogP contribution >= 0.6 is 0 Å². The van der Waals surface area contributed by atoms with Gasteiger partial charge in [0.1, 0.15) is 6.10 Å². The molecule has 0 amide bonds. The molecule has 5 aliphatic carbocycles. The predicted octanol–water partition coefficient (Wildman–Crippen LogP) is 4.88. The van der Waals surface area contributed by atoms with Gasteiger partial charge in [-0.1, -0.05) is 44.2 Å². The van der Waals surface area contributed by atoms with Crippen LogP contribution in [0.4, 0.5) is 13.2 Å². The molecule has 1 aromatic rings. The SMILES string of the molecule is CO[C@](C(=O)O[C@H](C)[C@H]1CC[C@@]2(O)[C@]1(C)CC[C@@H]1[C@@]3(C)CC[C@@H]4C[C@@]43[C@H](O)C[C@]12O)(c1ccccc1)C(F)(F)F. The average molecular weight is 567 g/mol. The summed E-state index contributed by atoms with van der Waals surface area (Å²) in [4.78, 5) is 13.4. The number of rotatable bonds is 5. The summed E-state index contributed by atoms with van der Waals surface area (Å²) in [6.45, 7) is 5.60. The minimum Gasteiger partial charge on any atom is -0.460 e. The van der Waals surface area contributed by atoms with Crippen LogP contribution in [-0.4, -0.2) is 58.0 Å². The second kappa shape index (κ2) is 8.45. The third kappa shape index (κ3) is 3.08. The number of aliphatic hydroxyl groups excluding tert-OH is 1. The van der Waals surface area contributed by atoms with Crippen molar-refractivity contribution in [1.82, 2.24) is 0 Å². The lowest BCUT2D eigenvalue weighted by atomic mass is 9.42. The number of carbonyl (C=O) groups is 1. The minimum atomic E-state index is -5.08. The van der Waals surface area contributed by atoms with E-state index in [0.29, 0.717) is 25.2 Å². The molecule has 0 bridgehead atoms. The first-order valence-corrected chi connectivity index (χ1v) is 14.6. The van der Waals surface area contributed by atoms with E-state index in [0.717, 1.165) is 26.4 Å². The van der Waals surface area contributed by atoms with Crippen LogP contribution in [0.5, 0.6) is 0 Å². The number of carbonyl (C=O) groups excluding carboxylic acids is 1. The Hall–Kier alpha value is -1.68. The lowest BCUT2D eigenvalue weighted by Gasteiger charge is -2.67. The lowest BCUT2D eigenvalue weighted by Crippen LogP contribution is -2.75. The van der Waals surface area contributed by atoms with Crippen molar-refractivity contribution in [3.8, 4) is 0 Å². The molecule has 40 heavy (non-hydrogen) atoms. The summed E-state index contributed by atoms with van der Waals surface area (Å²) in [5.41, 5.74) is -8.18. The van der Waals surface area contributed by atoms with Crippen LogP contribution in [0.1, 0.15) is 77.7 Å². The second-order valence-electron chi connectivity index (χ2n) is 13.9. The van der Waals surface area contributed by atoms with Gasteiger partial charge in [-0.05, 0) is 69.1 Å². The van der Waals surface area contributed by atoms with E-state index in [2.05, 4.69) is 6.92 Å². The number of ether oxygens (including phenoxy) is 2. The van der Waals surface area contributed by atoms with Crippen LogP contribution in [0, 0.1) is 34.0 Å². The fourth-order valence-corrected chi connectivity index (χ4v) is 10.9. The summed E-state index contributed by atoms with van der Waals surface area (Å²) >= 11 is 0. The van der Waals surface area contributed by atoms with E-state index in [9.17, 15) is 33.3 Å². The van der Waals surface area contributed by atoms with Gasteiger partial charge in [0.25, 0.3) is 5.60 Å². The Bertz CT molecular complexity index is 1190. The number of esters is 1. The Labute approximate surface area is 233 Å². The topological polar surface area (TPSA) is 96.2 Å². The number of methoxy groups -OCH3 is 1. The zero-order chi connectivity index (χ0) is 29.1. The van der Waals surface area contributed by atoms with Gasteiger partial charge in [-0.2, -0.15) is 13.2 Å². The van der Waals surface area contributed by atoms with Gasteiger partial charge < -0.3 is 24.8 Å². The van der Waals surface area contributed by atoms with E-state index in [1.54, 1.807) is 13.0 Å². The number of halogens is 3. The molecule has 5 fully saturated rings. The van der Waals surface area contributed by atoms with Gasteiger partial charge in [-0.3, -0.25) is 0 Å². The average Bonchev–Trinajstić information content (AvgIpc) is 3.46. The highest BCUT2D eigenvalue weighted by Gasteiger charge is 2.83. The van der Waals surface area contributed by atoms with Crippen LogP contribution in [0.15, 0.2) is 30.3 Å². The summed E-state index contributed by atoms with van der Waals surface area (Å²) in [6, 6.07) is 6.73. The maximum atomic E-state index is 14.5. The first-order chi connectivity index (χ1) is 18.6. The maximum Gasteiger partial charge on any atom is 0.432 e. The molecule has 0 saturated heterocycles. The smallest absolute Gasteiger partial charge is 0.432 e. The molecule has 5 aliphatic rings. The number of hydrogen-bond donors (Lipinski definition) is 3. The number of benzene rings is 1. The van der Waals surface area contributed by atoms with Crippen molar-refractivity contribution in [3.05, 3.63) is 35.9 Å². The summed E-state index contributed by atoms with van der Waals surface area (Å²) in [7, 11) is 0.841. The molecular weight excluding hydrogens is 525 g/mol. The Morgan fingerprint density at radius 1 is 1.00 bits per heavy atom. The van der Waals surface area contributed by atoms with Crippen molar-refractivity contribution in [2.24, 2.45) is 34.0 Å². The van der Waals surface area contributed by atoms with Crippen molar-refractivity contribution in [3.63, 3.8) is 0 Å². The summed E-state index contributed by atoms with van der Waals surface area (Å²) in [5.74, 6) is -1.77. The summed E-state index contributed by atoms with van der Waals surface area (Å²) in [6.07, 6.45) is -2.04. The molecule has 6 nitrogen and oxygen atoms in total. The Kier molecular flexibility index (Phi) is 6.01. The number of alkyl halides is 3. The molecule has 0 radical (unpaired) electrons. The largest absolute Gasteiger partial charge is 0.460 e. The van der Waals surface area contributed by atoms with Gasteiger partial charge in [0.05, 0.1) is 17.3 Å². The number of aliphatic hydroxyl groups is 3. The van der Waals surface area contributed by atoms with Crippen LogP contribution in [0.25, 0.3) is 0 Å². The van der Waals surface area contributed by atoms with E-state index >= 15 is 0 Å². The third-order valence-corrected chi connectivity index (χ3v) is 13.0. The highest BCUT2D eigenvalue weighted by molar-refractivity contribution is 5.82. The molecule has 6 rings (SSSR count). The van der Waals surface area contributed by atoms with E-state index in [1.165, 1.54) is 24.3 Å². The third-order valence-electron chi connectivity index (χ3n) is 13.0. The molecule has 0 aromatic heterocycles. The molecular formula is C31H41F3O6. The quantitative estimate of drug-likeness (QED) is 0.440. The molecule has 0 unspecified atom stereocenters. The Morgan fingerprint density at radius 2 is 1.65 bits per heavy atom. The molecule has 11 atom stereocenters. The lowest BCUT2D eigenvalue weighted by molar-refractivity contribution is -0.312. The van der Waals surface area contributed by atoms with Crippen molar-refractivity contribution < 1.29 is 42.8 Å². The maximum absolute atomic E-state index is 14.5. The van der Waals surface area contributed by atoms with Gasteiger partial charge in [0.2, 0.25) is 0 Å². The summed E-state index contributed by atoms with van der Waals surface area (Å²) < 4.78 is 53.9. The van der Waals surface area contributed by atoms with Crippen LogP contribution in [-0.2, 0) is 19.9 Å². The van der Waals surface area contributed by atoms with Gasteiger partial charge in [0, 0.05) is 35.8 Å². The minimum absolute atomic E-state index is 0.0889. The highest BCUT2D eigenvalue weighted by Crippen LogP contribution is 2.82. The summed E-state index contributed by atoms with van der Waals surface area (Å²) in [5, 5.41) is 36.3. The zero-order valence-electron chi connectivity index (χ0n) is 23.6. The molecule has 5 saturated carbocycles. The zero-order valence-corrected chi connectivity index (χ0v) is 23.6. The predicted molar refractivity (Wildman–Crippen MR) is 139 cm³/mol. The monoisotopic (exact) mass is 566 g/mol. The first kappa shape index (κ1) is 28.4. The fraction of sp³-hybridized carbons (Fsp3) is 0.774. The normalized spacial score (nSPS) is 47.8. The molecule has 1 spiro atoms. The number of hydrogen-bond acceptors (Lipinski definition) is 6. The fourth-order valence-electron chi connectivity index (χ4n) is 10.9. The molecule has 3 N–H and O–H groups in total. The van der Waals surface area contributed by atoms with Gasteiger partial charge in [0.15, 0.2) is 0 Å². The van der Waals surface area contributed by atoms with Crippen molar-refractivity contribution in [2.75, 3.05) is 7.11 Å². The van der Waals surface area contributed by atoms with E-state index in [-0.39, 0.29) is 35.2 Å². The highest BCUT2D eigenvalue weighted by atomic mass is 19.4. The van der Waals surface area contributed by atoms with Gasteiger partial charge >= 0.3 is 12.1 Å². The molecule has 222 valence electrons. The standard InChI is InChI=1S/C31H41F3O6/c1-18(40-24(36)30(39-4,31(32,33)34)19-8-6-5-7-9-19)21-11-15-29(38)25(21,2)14-12-22-26(3)13-10-20-16-27(20,26)23(35)17-28(22,29)37/h5-9,18,20-23,35,37-38H,10-17H2,1-4H3/t18-,20-,21-,22-,23-,25-,26-,27+,28+,29-,30+/m1/s1. The molecule has 9 heteroatoms. The molecule has 1 aromatic carbocycles. The Balaban J connectivity index is 1.30. The second-order valence-corrected chi connectivity index (χ2v) is 13.9. The van der Waals surface area contributed by atoms with Crippen molar-refractivity contribution in [2.45, 2.75) is 107 Å². The Morgan fingerprint density at radius 3 is 2.25 bits per heavy atom. The van der Waals surface area contributed by atoms with Gasteiger partial charge in [-0.15, -0.1) is 0 Å². The molecule has 0 heterocycles. The van der Waals surface area contributed by atoms with Crippen LogP contribution < -0.4 is 0 Å². The first-order valence-electron chi connectivity index (χ1n) is 14.6.